The zero-order valence-corrected chi connectivity index (χ0v) is 11.0. The van der Waals surface area contributed by atoms with Crippen molar-refractivity contribution in [2.45, 2.75) is 51.7 Å². The molecule has 0 heterocycles. The quantitative estimate of drug-likeness (QED) is 0.676. The standard InChI is InChI=1S/C13H22O4/c1-11(2)8-7-9(14)13(11,16)6-5-12(8,3)10(15)17-4/h8-9,14,16H,5-7H2,1-4H3/t8-,9-,12+,13-/m1/s1. The van der Waals surface area contributed by atoms with E-state index in [9.17, 15) is 15.0 Å². The predicted molar refractivity (Wildman–Crippen MR) is 62.2 cm³/mol. The number of methoxy groups -OCH3 is 1. The van der Waals surface area contributed by atoms with Gasteiger partial charge >= 0.3 is 5.97 Å². The maximum Gasteiger partial charge on any atom is 0.311 e. The van der Waals surface area contributed by atoms with Gasteiger partial charge in [0.15, 0.2) is 0 Å². The molecule has 4 atom stereocenters. The van der Waals surface area contributed by atoms with Crippen molar-refractivity contribution >= 4 is 5.97 Å². The van der Waals surface area contributed by atoms with E-state index in [4.69, 9.17) is 4.74 Å². The molecular weight excluding hydrogens is 220 g/mol. The van der Waals surface area contributed by atoms with Gasteiger partial charge in [-0.2, -0.15) is 0 Å². The molecule has 0 unspecified atom stereocenters. The highest BCUT2D eigenvalue weighted by Gasteiger charge is 2.68. The van der Waals surface area contributed by atoms with Crippen LogP contribution in [-0.4, -0.2) is 35.0 Å². The van der Waals surface area contributed by atoms with Crippen LogP contribution < -0.4 is 0 Å². The first-order valence-corrected chi connectivity index (χ1v) is 6.19. The Morgan fingerprint density at radius 1 is 1.29 bits per heavy atom. The Hall–Kier alpha value is -0.610. The normalized spacial score (nSPS) is 47.9. The van der Waals surface area contributed by atoms with Crippen LogP contribution in [0.15, 0.2) is 0 Å². The summed E-state index contributed by atoms with van der Waals surface area (Å²) in [5, 5.41) is 20.7. The van der Waals surface area contributed by atoms with Crippen LogP contribution in [0.25, 0.3) is 0 Å². The average molecular weight is 242 g/mol. The Labute approximate surface area is 102 Å². The molecule has 0 aromatic rings. The number of rotatable bonds is 1. The average Bonchev–Trinajstić information content (AvgIpc) is 2.38. The highest BCUT2D eigenvalue weighted by atomic mass is 16.5. The second kappa shape index (κ2) is 3.45. The topological polar surface area (TPSA) is 66.8 Å². The molecule has 0 saturated heterocycles. The van der Waals surface area contributed by atoms with Crippen LogP contribution in [0, 0.1) is 16.7 Å². The van der Waals surface area contributed by atoms with Gasteiger partial charge in [0, 0.05) is 5.41 Å². The Morgan fingerprint density at radius 3 is 2.41 bits per heavy atom. The van der Waals surface area contributed by atoms with Crippen molar-refractivity contribution in [1.82, 2.24) is 0 Å². The Kier molecular flexibility index (Phi) is 2.61. The minimum atomic E-state index is -1.06. The van der Waals surface area contributed by atoms with E-state index in [0.29, 0.717) is 19.3 Å². The van der Waals surface area contributed by atoms with Gasteiger partial charge in [-0.05, 0) is 32.1 Å². The molecule has 2 aliphatic carbocycles. The van der Waals surface area contributed by atoms with Crippen molar-refractivity contribution in [2.24, 2.45) is 16.7 Å². The summed E-state index contributed by atoms with van der Waals surface area (Å²) in [4.78, 5) is 12.0. The van der Waals surface area contributed by atoms with E-state index in [2.05, 4.69) is 0 Å². The van der Waals surface area contributed by atoms with Crippen molar-refractivity contribution in [3.05, 3.63) is 0 Å². The zero-order valence-electron chi connectivity index (χ0n) is 11.0. The number of fused-ring (bicyclic) bond motifs is 2. The summed E-state index contributed by atoms with van der Waals surface area (Å²) in [6, 6.07) is 0. The molecule has 2 saturated carbocycles. The molecule has 0 aliphatic heterocycles. The van der Waals surface area contributed by atoms with Gasteiger partial charge < -0.3 is 14.9 Å². The summed E-state index contributed by atoms with van der Waals surface area (Å²) >= 11 is 0. The number of esters is 1. The van der Waals surface area contributed by atoms with E-state index in [1.54, 1.807) is 0 Å². The fraction of sp³-hybridized carbons (Fsp3) is 0.923. The molecule has 4 heteroatoms. The van der Waals surface area contributed by atoms with Gasteiger partial charge in [-0.1, -0.05) is 13.8 Å². The van der Waals surface area contributed by atoms with Crippen molar-refractivity contribution < 1.29 is 19.7 Å². The SMILES string of the molecule is COC(=O)[C@@]1(C)CC[C@@]2(O)[C@H](O)C[C@@H]1C2(C)C. The maximum absolute atomic E-state index is 12.0. The Balaban J connectivity index is 2.44. The van der Waals surface area contributed by atoms with Gasteiger partial charge in [-0.15, -0.1) is 0 Å². The molecular formula is C13H22O4. The molecule has 4 nitrogen and oxygen atoms in total. The fourth-order valence-corrected chi connectivity index (χ4v) is 4.09. The minimum Gasteiger partial charge on any atom is -0.469 e. The molecule has 0 amide bonds. The highest BCUT2D eigenvalue weighted by Crippen LogP contribution is 2.64. The van der Waals surface area contributed by atoms with Gasteiger partial charge in [0.2, 0.25) is 0 Å². The molecule has 2 aliphatic rings. The third-order valence-electron chi connectivity index (χ3n) is 5.44. The lowest BCUT2D eigenvalue weighted by molar-refractivity contribution is -0.182. The number of hydrogen-bond acceptors (Lipinski definition) is 4. The largest absolute Gasteiger partial charge is 0.469 e. The number of aliphatic hydroxyl groups is 2. The Morgan fingerprint density at radius 2 is 1.88 bits per heavy atom. The van der Waals surface area contributed by atoms with Crippen LogP contribution in [-0.2, 0) is 9.53 Å². The van der Waals surface area contributed by atoms with Crippen LogP contribution in [0.4, 0.5) is 0 Å². The fourth-order valence-electron chi connectivity index (χ4n) is 4.09. The summed E-state index contributed by atoms with van der Waals surface area (Å²) < 4.78 is 4.90. The highest BCUT2D eigenvalue weighted by molar-refractivity contribution is 5.77. The molecule has 2 N–H and O–H groups in total. The number of hydrogen-bond donors (Lipinski definition) is 2. The van der Waals surface area contributed by atoms with E-state index in [1.165, 1.54) is 7.11 Å². The molecule has 2 fully saturated rings. The second-order valence-electron chi connectivity index (χ2n) is 6.36. The first-order chi connectivity index (χ1) is 7.70. The van der Waals surface area contributed by atoms with Crippen LogP contribution in [0.5, 0.6) is 0 Å². The molecule has 98 valence electrons. The molecule has 2 rings (SSSR count). The lowest BCUT2D eigenvalue weighted by Crippen LogP contribution is -2.57. The summed E-state index contributed by atoms with van der Waals surface area (Å²) in [5.41, 5.74) is -2.12. The first-order valence-electron chi connectivity index (χ1n) is 6.19. The van der Waals surface area contributed by atoms with Gasteiger partial charge in [0.05, 0.1) is 24.2 Å². The van der Waals surface area contributed by atoms with E-state index in [-0.39, 0.29) is 11.9 Å². The monoisotopic (exact) mass is 242 g/mol. The second-order valence-corrected chi connectivity index (χ2v) is 6.36. The molecule has 0 radical (unpaired) electrons. The summed E-state index contributed by atoms with van der Waals surface area (Å²) in [5.74, 6) is -0.275. The van der Waals surface area contributed by atoms with Crippen LogP contribution >= 0.6 is 0 Å². The van der Waals surface area contributed by atoms with E-state index in [0.717, 1.165) is 0 Å². The van der Waals surface area contributed by atoms with Crippen molar-refractivity contribution in [3.63, 3.8) is 0 Å². The van der Waals surface area contributed by atoms with Gasteiger partial charge in [-0.3, -0.25) is 4.79 Å². The third-order valence-corrected chi connectivity index (χ3v) is 5.44. The van der Waals surface area contributed by atoms with Crippen molar-refractivity contribution in [2.75, 3.05) is 7.11 Å². The van der Waals surface area contributed by atoms with Gasteiger partial charge in [0.25, 0.3) is 0 Å². The summed E-state index contributed by atoms with van der Waals surface area (Å²) in [6.07, 6.45) is 0.744. The van der Waals surface area contributed by atoms with E-state index >= 15 is 0 Å². The molecule has 0 aromatic heterocycles. The summed E-state index contributed by atoms with van der Waals surface area (Å²) in [6.45, 7) is 5.77. The number of aliphatic hydroxyl groups excluding tert-OH is 1. The van der Waals surface area contributed by atoms with Crippen molar-refractivity contribution in [3.8, 4) is 0 Å². The number of carbonyl (C=O) groups excluding carboxylic acids is 1. The number of ether oxygens (including phenoxy) is 1. The lowest BCUT2D eigenvalue weighted by Gasteiger charge is -2.51. The van der Waals surface area contributed by atoms with E-state index in [1.807, 2.05) is 20.8 Å². The van der Waals surface area contributed by atoms with Gasteiger partial charge in [-0.25, -0.2) is 0 Å². The minimum absolute atomic E-state index is 0.0452. The zero-order chi connectivity index (χ0) is 13.1. The number of carbonyl (C=O) groups is 1. The molecule has 0 spiro atoms. The smallest absolute Gasteiger partial charge is 0.311 e. The van der Waals surface area contributed by atoms with E-state index < -0.39 is 22.5 Å². The molecule has 17 heavy (non-hydrogen) atoms. The van der Waals surface area contributed by atoms with Crippen LogP contribution in [0.3, 0.4) is 0 Å². The van der Waals surface area contributed by atoms with Gasteiger partial charge in [0.1, 0.15) is 0 Å². The summed E-state index contributed by atoms with van der Waals surface area (Å²) in [7, 11) is 1.40. The first kappa shape index (κ1) is 12.8. The molecule has 0 aromatic carbocycles. The van der Waals surface area contributed by atoms with Crippen LogP contribution in [0.2, 0.25) is 0 Å². The predicted octanol–water partition coefficient (Wildman–Crippen LogP) is 1.10. The Bertz CT molecular complexity index is 351. The lowest BCUT2D eigenvalue weighted by atomic mass is 9.55. The third kappa shape index (κ3) is 1.34. The maximum atomic E-state index is 12.0. The van der Waals surface area contributed by atoms with Crippen LogP contribution in [0.1, 0.15) is 40.0 Å². The van der Waals surface area contributed by atoms with Crippen molar-refractivity contribution in [1.29, 1.82) is 0 Å². The molecule has 2 bridgehead atoms.